The Morgan fingerprint density at radius 3 is 2.50 bits per heavy atom. The van der Waals surface area contributed by atoms with Gasteiger partial charge in [-0.3, -0.25) is 4.99 Å². The number of halogens is 3. The molecule has 0 saturated heterocycles. The van der Waals surface area contributed by atoms with E-state index in [1.807, 2.05) is 13.8 Å². The Morgan fingerprint density at radius 1 is 1.36 bits per heavy atom. The molecule has 0 aromatic rings. The van der Waals surface area contributed by atoms with Crippen molar-refractivity contribution >= 4 is 11.7 Å². The van der Waals surface area contributed by atoms with Gasteiger partial charge in [-0.05, 0) is 13.8 Å². The van der Waals surface area contributed by atoms with E-state index in [9.17, 15) is 13.2 Å². The number of hydrogen-bond donors (Lipinski definition) is 1. The van der Waals surface area contributed by atoms with Crippen LogP contribution >= 0.6 is 0 Å². The van der Waals surface area contributed by atoms with E-state index >= 15 is 0 Å². The molecule has 0 unspecified atom stereocenters. The van der Waals surface area contributed by atoms with Gasteiger partial charge in [-0.2, -0.15) is 13.2 Å². The second kappa shape index (κ2) is 3.98. The summed E-state index contributed by atoms with van der Waals surface area (Å²) in [6, 6.07) is 0.0325. The Balaban J connectivity index is 2.73. The van der Waals surface area contributed by atoms with Gasteiger partial charge in [-0.1, -0.05) is 0 Å². The van der Waals surface area contributed by atoms with Crippen LogP contribution in [0, 0.1) is 0 Å². The third-order valence-electron chi connectivity index (χ3n) is 1.60. The van der Waals surface area contributed by atoms with Crippen LogP contribution in [0.25, 0.3) is 0 Å². The van der Waals surface area contributed by atoms with E-state index in [0.717, 1.165) is 0 Å². The van der Waals surface area contributed by atoms with Crippen LogP contribution in [-0.4, -0.2) is 30.4 Å². The average molecular weight is 207 g/mol. The van der Waals surface area contributed by atoms with Crippen LogP contribution in [0.4, 0.5) is 13.2 Å². The first-order chi connectivity index (χ1) is 6.39. The third kappa shape index (κ3) is 3.01. The molecule has 0 aliphatic carbocycles. The van der Waals surface area contributed by atoms with Gasteiger partial charge in [-0.25, -0.2) is 4.99 Å². The van der Waals surface area contributed by atoms with Crippen LogP contribution in [0.2, 0.25) is 0 Å². The molecule has 0 radical (unpaired) electrons. The van der Waals surface area contributed by atoms with Gasteiger partial charge in [0, 0.05) is 19.0 Å². The van der Waals surface area contributed by atoms with Crippen LogP contribution in [-0.2, 0) is 0 Å². The maximum absolute atomic E-state index is 12.2. The monoisotopic (exact) mass is 207 g/mol. The number of guanidine groups is 1. The van der Waals surface area contributed by atoms with Gasteiger partial charge in [0.2, 0.25) is 5.96 Å². The number of nitrogens with zero attached hydrogens (tertiary/aromatic N) is 2. The minimum Gasteiger partial charge on any atom is -0.352 e. The third-order valence-corrected chi connectivity index (χ3v) is 1.60. The van der Waals surface area contributed by atoms with Crippen molar-refractivity contribution in [3.63, 3.8) is 0 Å². The minimum absolute atomic E-state index is 0.0325. The topological polar surface area (TPSA) is 36.8 Å². The fourth-order valence-corrected chi connectivity index (χ4v) is 1.03. The van der Waals surface area contributed by atoms with Gasteiger partial charge in [0.15, 0.2) is 0 Å². The molecule has 14 heavy (non-hydrogen) atoms. The van der Waals surface area contributed by atoms with Crippen LogP contribution in [0.1, 0.15) is 20.3 Å². The van der Waals surface area contributed by atoms with E-state index in [2.05, 4.69) is 15.3 Å². The van der Waals surface area contributed by atoms with Crippen molar-refractivity contribution in [1.29, 1.82) is 0 Å². The molecular weight excluding hydrogens is 195 g/mol. The first-order valence-corrected chi connectivity index (χ1v) is 4.35. The summed E-state index contributed by atoms with van der Waals surface area (Å²) in [6.45, 7) is 3.78. The SMILES string of the molecule is CC(C)NC1=NCCC(C(F)(F)F)=N1. The zero-order valence-corrected chi connectivity index (χ0v) is 8.02. The Morgan fingerprint density at radius 2 is 2.00 bits per heavy atom. The average Bonchev–Trinajstić information content (AvgIpc) is 2.01. The van der Waals surface area contributed by atoms with Crippen molar-refractivity contribution in [2.75, 3.05) is 6.54 Å². The molecule has 80 valence electrons. The smallest absolute Gasteiger partial charge is 0.352 e. The lowest BCUT2D eigenvalue weighted by Gasteiger charge is -2.16. The summed E-state index contributed by atoms with van der Waals surface area (Å²) in [6.07, 6.45) is -4.47. The van der Waals surface area contributed by atoms with E-state index in [1.54, 1.807) is 0 Å². The molecule has 0 spiro atoms. The first kappa shape index (κ1) is 11.0. The highest BCUT2D eigenvalue weighted by Gasteiger charge is 2.36. The molecule has 0 bridgehead atoms. The Hall–Kier alpha value is -1.07. The van der Waals surface area contributed by atoms with Crippen molar-refractivity contribution in [3.05, 3.63) is 0 Å². The maximum atomic E-state index is 12.2. The Bertz CT molecular complexity index is 265. The highest BCUT2D eigenvalue weighted by molar-refractivity contribution is 6.01. The van der Waals surface area contributed by atoms with E-state index in [1.165, 1.54) is 0 Å². The van der Waals surface area contributed by atoms with Gasteiger partial charge in [0.25, 0.3) is 0 Å². The van der Waals surface area contributed by atoms with Crippen LogP contribution in [0.5, 0.6) is 0 Å². The molecule has 3 nitrogen and oxygen atoms in total. The molecule has 0 aromatic carbocycles. The second-order valence-corrected chi connectivity index (χ2v) is 3.31. The van der Waals surface area contributed by atoms with E-state index < -0.39 is 11.9 Å². The van der Waals surface area contributed by atoms with Crippen molar-refractivity contribution in [1.82, 2.24) is 5.32 Å². The van der Waals surface area contributed by atoms with Crippen LogP contribution in [0.3, 0.4) is 0 Å². The minimum atomic E-state index is -4.33. The molecule has 0 fully saturated rings. The summed E-state index contributed by atoms with van der Waals surface area (Å²) in [5.74, 6) is 0.0820. The predicted octanol–water partition coefficient (Wildman–Crippen LogP) is 1.75. The fraction of sp³-hybridized carbons (Fsp3) is 0.750. The predicted molar refractivity (Wildman–Crippen MR) is 48.7 cm³/mol. The highest BCUT2D eigenvalue weighted by atomic mass is 19.4. The number of rotatable bonds is 1. The molecule has 0 amide bonds. The van der Waals surface area contributed by atoms with Gasteiger partial charge in [-0.15, -0.1) is 0 Å². The molecule has 1 aliphatic rings. The van der Waals surface area contributed by atoms with Gasteiger partial charge in [0.05, 0.1) is 0 Å². The Labute approximate surface area is 80.1 Å². The normalized spacial score (nSPS) is 17.9. The quantitative estimate of drug-likeness (QED) is 0.698. The first-order valence-electron chi connectivity index (χ1n) is 4.35. The molecule has 0 saturated carbocycles. The lowest BCUT2D eigenvalue weighted by Crippen LogP contribution is -2.35. The lowest BCUT2D eigenvalue weighted by molar-refractivity contribution is -0.0604. The van der Waals surface area contributed by atoms with E-state index in [0.29, 0.717) is 0 Å². The summed E-state index contributed by atoms with van der Waals surface area (Å²) in [5, 5.41) is 2.75. The summed E-state index contributed by atoms with van der Waals surface area (Å²) >= 11 is 0. The molecule has 0 aromatic heterocycles. The number of alkyl halides is 3. The fourth-order valence-electron chi connectivity index (χ4n) is 1.03. The van der Waals surface area contributed by atoms with Crippen molar-refractivity contribution in [2.24, 2.45) is 9.98 Å². The Kier molecular flexibility index (Phi) is 3.13. The lowest BCUT2D eigenvalue weighted by atomic mass is 10.2. The van der Waals surface area contributed by atoms with Gasteiger partial charge in [0.1, 0.15) is 5.71 Å². The largest absolute Gasteiger partial charge is 0.429 e. The molecule has 1 N–H and O–H groups in total. The van der Waals surface area contributed by atoms with Crippen LogP contribution in [0.15, 0.2) is 9.98 Å². The zero-order valence-electron chi connectivity index (χ0n) is 8.02. The second-order valence-electron chi connectivity index (χ2n) is 3.31. The summed E-state index contributed by atoms with van der Waals surface area (Å²) in [4.78, 5) is 7.28. The highest BCUT2D eigenvalue weighted by Crippen LogP contribution is 2.21. The molecule has 1 aliphatic heterocycles. The van der Waals surface area contributed by atoms with Crippen molar-refractivity contribution in [2.45, 2.75) is 32.5 Å². The van der Waals surface area contributed by atoms with Crippen molar-refractivity contribution < 1.29 is 13.2 Å². The molecular formula is C8H12F3N3. The number of aliphatic imine (C=N–C) groups is 2. The van der Waals surface area contributed by atoms with Crippen LogP contribution < -0.4 is 5.32 Å². The molecule has 1 heterocycles. The summed E-state index contributed by atoms with van der Waals surface area (Å²) < 4.78 is 36.7. The number of hydrogen-bond acceptors (Lipinski definition) is 3. The summed E-state index contributed by atoms with van der Waals surface area (Å²) in [5.41, 5.74) is -0.754. The number of nitrogens with one attached hydrogen (secondary N) is 1. The van der Waals surface area contributed by atoms with E-state index in [4.69, 9.17) is 0 Å². The molecule has 0 atom stereocenters. The van der Waals surface area contributed by atoms with E-state index in [-0.39, 0.29) is 25.0 Å². The standard InChI is InChI=1S/C8H12F3N3/c1-5(2)13-7-12-4-3-6(14-7)8(9,10)11/h5H,3-4H2,1-2H3,(H,12,13). The van der Waals surface area contributed by atoms with Gasteiger partial charge >= 0.3 is 6.18 Å². The van der Waals surface area contributed by atoms with Crippen molar-refractivity contribution in [3.8, 4) is 0 Å². The maximum Gasteiger partial charge on any atom is 0.429 e. The molecule has 1 rings (SSSR count). The summed E-state index contributed by atoms with van der Waals surface area (Å²) in [7, 11) is 0. The van der Waals surface area contributed by atoms with Gasteiger partial charge < -0.3 is 5.32 Å². The molecule has 6 heteroatoms. The zero-order chi connectivity index (χ0) is 10.8.